The molecule has 1 unspecified atom stereocenters. The third kappa shape index (κ3) is 3.24. The van der Waals surface area contributed by atoms with E-state index in [9.17, 15) is 14.0 Å². The highest BCUT2D eigenvalue weighted by Crippen LogP contribution is 2.32. The maximum absolute atomic E-state index is 14.0. The molecule has 1 aliphatic heterocycles. The molecule has 1 saturated heterocycles. The van der Waals surface area contributed by atoms with Crippen LogP contribution < -0.4 is 0 Å². The van der Waals surface area contributed by atoms with Gasteiger partial charge in [-0.25, -0.2) is 4.39 Å². The lowest BCUT2D eigenvalue weighted by atomic mass is 9.76. The van der Waals surface area contributed by atoms with Crippen molar-refractivity contribution in [3.8, 4) is 0 Å². The number of hydrogen-bond donors (Lipinski definition) is 0. The molecule has 114 valence electrons. The molecule has 0 aromatic heterocycles. The van der Waals surface area contributed by atoms with Crippen molar-refractivity contribution in [1.29, 1.82) is 0 Å². The summed E-state index contributed by atoms with van der Waals surface area (Å²) in [4.78, 5) is 24.5. The summed E-state index contributed by atoms with van der Waals surface area (Å²) in [5.74, 6) is -1.49. The number of rotatable bonds is 4. The zero-order valence-corrected chi connectivity index (χ0v) is 12.4. The van der Waals surface area contributed by atoms with E-state index >= 15 is 0 Å². The molecule has 1 fully saturated rings. The molecule has 4 nitrogen and oxygen atoms in total. The van der Waals surface area contributed by atoms with Crippen LogP contribution in [0.4, 0.5) is 4.39 Å². The summed E-state index contributed by atoms with van der Waals surface area (Å²) in [7, 11) is 0. The van der Waals surface area contributed by atoms with Crippen molar-refractivity contribution in [3.05, 3.63) is 34.6 Å². The van der Waals surface area contributed by atoms with Crippen molar-refractivity contribution in [2.75, 3.05) is 19.8 Å². The number of benzene rings is 1. The Labute approximate surface area is 127 Å². The molecular weight excluding hydrogens is 299 g/mol. The third-order valence-corrected chi connectivity index (χ3v) is 3.76. The molecule has 0 amide bonds. The number of ether oxygens (including phenoxy) is 2. The molecule has 1 aliphatic rings. The first-order valence-corrected chi connectivity index (χ1v) is 7.09. The van der Waals surface area contributed by atoms with Gasteiger partial charge < -0.3 is 9.47 Å². The Morgan fingerprint density at radius 2 is 2.29 bits per heavy atom. The molecule has 0 bridgehead atoms. The Balaban J connectivity index is 2.35. The number of carbonyl (C=O) groups is 2. The maximum atomic E-state index is 14.0. The molecule has 1 aromatic rings. The minimum absolute atomic E-state index is 0.0896. The van der Waals surface area contributed by atoms with E-state index in [0.717, 1.165) is 6.07 Å². The summed E-state index contributed by atoms with van der Waals surface area (Å²) in [6, 6.07) is 4.15. The monoisotopic (exact) mass is 314 g/mol. The Hall–Kier alpha value is -1.46. The lowest BCUT2D eigenvalue weighted by Crippen LogP contribution is -2.49. The van der Waals surface area contributed by atoms with Crippen LogP contribution in [-0.2, 0) is 25.5 Å². The molecule has 6 heteroatoms. The maximum Gasteiger partial charge on any atom is 0.322 e. The molecule has 1 atom stereocenters. The molecule has 0 aliphatic carbocycles. The van der Waals surface area contributed by atoms with Gasteiger partial charge in [-0.15, -0.1) is 0 Å². The van der Waals surface area contributed by atoms with E-state index in [4.69, 9.17) is 21.1 Å². The summed E-state index contributed by atoms with van der Waals surface area (Å²) in [6.07, 6.45) is 0.0295. The van der Waals surface area contributed by atoms with Crippen LogP contribution in [-0.4, -0.2) is 31.6 Å². The Kier molecular flexibility index (Phi) is 4.96. The minimum atomic E-state index is -1.47. The van der Waals surface area contributed by atoms with Crippen LogP contribution in [0.2, 0.25) is 5.02 Å². The summed E-state index contributed by atoms with van der Waals surface area (Å²) in [6.45, 7) is 1.98. The van der Waals surface area contributed by atoms with Crippen molar-refractivity contribution in [1.82, 2.24) is 0 Å². The van der Waals surface area contributed by atoms with Gasteiger partial charge in [0.05, 0.1) is 19.8 Å². The van der Waals surface area contributed by atoms with E-state index in [-0.39, 0.29) is 49.0 Å². The number of carbonyl (C=O) groups excluding carboxylic acids is 2. The molecule has 0 N–H and O–H groups in total. The van der Waals surface area contributed by atoms with E-state index in [1.807, 2.05) is 0 Å². The number of esters is 1. The predicted octanol–water partition coefficient (Wildman–Crippen LogP) is 2.56. The quantitative estimate of drug-likeness (QED) is 0.633. The van der Waals surface area contributed by atoms with Gasteiger partial charge >= 0.3 is 5.97 Å². The minimum Gasteiger partial charge on any atom is -0.465 e. The second-order valence-corrected chi connectivity index (χ2v) is 5.38. The fraction of sp³-hybridized carbons (Fsp3) is 0.467. The summed E-state index contributed by atoms with van der Waals surface area (Å²) in [5.41, 5.74) is -1.23. The zero-order valence-electron chi connectivity index (χ0n) is 11.7. The summed E-state index contributed by atoms with van der Waals surface area (Å²) in [5, 5.41) is 0.257. The topological polar surface area (TPSA) is 52.6 Å². The van der Waals surface area contributed by atoms with Crippen molar-refractivity contribution < 1.29 is 23.5 Å². The third-order valence-electron chi connectivity index (χ3n) is 3.53. The van der Waals surface area contributed by atoms with Crippen molar-refractivity contribution in [3.63, 3.8) is 0 Å². The smallest absolute Gasteiger partial charge is 0.322 e. The zero-order chi connectivity index (χ0) is 15.5. The van der Waals surface area contributed by atoms with Crippen molar-refractivity contribution >= 4 is 23.4 Å². The highest BCUT2D eigenvalue weighted by molar-refractivity contribution is 6.30. The van der Waals surface area contributed by atoms with Crippen LogP contribution in [0.3, 0.4) is 0 Å². The highest BCUT2D eigenvalue weighted by Gasteiger charge is 2.49. The van der Waals surface area contributed by atoms with E-state index < -0.39 is 17.2 Å². The van der Waals surface area contributed by atoms with Gasteiger partial charge in [-0.3, -0.25) is 9.59 Å². The summed E-state index contributed by atoms with van der Waals surface area (Å²) >= 11 is 5.71. The average Bonchev–Trinajstić information content (AvgIpc) is 2.44. The van der Waals surface area contributed by atoms with Gasteiger partial charge in [-0.2, -0.15) is 0 Å². The lowest BCUT2D eigenvalue weighted by molar-refractivity contribution is -0.169. The molecule has 2 rings (SSSR count). The SMILES string of the molecule is CCOC(=O)C1(Cc2ccc(Cl)cc2F)COCCC1=O. The first-order valence-electron chi connectivity index (χ1n) is 6.72. The van der Waals surface area contributed by atoms with Gasteiger partial charge in [0.25, 0.3) is 0 Å². The van der Waals surface area contributed by atoms with Crippen LogP contribution in [0.25, 0.3) is 0 Å². The number of ketones is 1. The summed E-state index contributed by atoms with van der Waals surface area (Å²) < 4.78 is 24.3. The normalized spacial score (nSPS) is 22.1. The van der Waals surface area contributed by atoms with Crippen LogP contribution in [0.5, 0.6) is 0 Å². The first-order chi connectivity index (χ1) is 9.99. The average molecular weight is 315 g/mol. The Bertz CT molecular complexity index is 561. The number of hydrogen-bond acceptors (Lipinski definition) is 4. The first kappa shape index (κ1) is 15.9. The van der Waals surface area contributed by atoms with Gasteiger partial charge in [0.15, 0.2) is 11.2 Å². The van der Waals surface area contributed by atoms with Crippen LogP contribution in [0.1, 0.15) is 18.9 Å². The van der Waals surface area contributed by atoms with Gasteiger partial charge in [-0.1, -0.05) is 17.7 Å². The van der Waals surface area contributed by atoms with E-state index in [2.05, 4.69) is 0 Å². The Morgan fingerprint density at radius 1 is 1.52 bits per heavy atom. The van der Waals surface area contributed by atoms with Crippen molar-refractivity contribution in [2.24, 2.45) is 5.41 Å². The van der Waals surface area contributed by atoms with E-state index in [1.54, 1.807) is 6.92 Å². The fourth-order valence-electron chi connectivity index (χ4n) is 2.38. The van der Waals surface area contributed by atoms with Crippen molar-refractivity contribution in [2.45, 2.75) is 19.8 Å². The molecule has 0 spiro atoms. The van der Waals surface area contributed by atoms with Crippen LogP contribution >= 0.6 is 11.6 Å². The second kappa shape index (κ2) is 6.54. The molecular formula is C15H16ClFO4. The van der Waals surface area contributed by atoms with Gasteiger partial charge in [0.2, 0.25) is 0 Å². The van der Waals surface area contributed by atoms with E-state index in [1.165, 1.54) is 12.1 Å². The molecule has 0 radical (unpaired) electrons. The van der Waals surface area contributed by atoms with Gasteiger partial charge in [0, 0.05) is 17.9 Å². The lowest BCUT2D eigenvalue weighted by Gasteiger charge is -2.33. The van der Waals surface area contributed by atoms with E-state index in [0.29, 0.717) is 0 Å². The standard InChI is InChI=1S/C15H16ClFO4/c1-2-21-14(19)15(9-20-6-5-13(15)18)8-10-3-4-11(16)7-12(10)17/h3-4,7H,2,5-6,8-9H2,1H3. The molecule has 21 heavy (non-hydrogen) atoms. The number of halogens is 2. The Morgan fingerprint density at radius 3 is 2.90 bits per heavy atom. The predicted molar refractivity (Wildman–Crippen MR) is 74.6 cm³/mol. The number of Topliss-reactive ketones (excluding diaryl/α,β-unsaturated/α-hetero) is 1. The largest absolute Gasteiger partial charge is 0.465 e. The van der Waals surface area contributed by atoms with Crippen LogP contribution in [0, 0.1) is 11.2 Å². The van der Waals surface area contributed by atoms with Gasteiger partial charge in [-0.05, 0) is 24.6 Å². The second-order valence-electron chi connectivity index (χ2n) is 4.94. The molecule has 1 aromatic carbocycles. The van der Waals surface area contributed by atoms with Crippen LogP contribution in [0.15, 0.2) is 18.2 Å². The fourth-order valence-corrected chi connectivity index (χ4v) is 2.54. The van der Waals surface area contributed by atoms with Gasteiger partial charge in [0.1, 0.15) is 5.82 Å². The molecule has 0 saturated carbocycles. The highest BCUT2D eigenvalue weighted by atomic mass is 35.5. The molecule has 1 heterocycles.